The van der Waals surface area contributed by atoms with Crippen LogP contribution in [-0.2, 0) is 20.8 Å². The maximum absolute atomic E-state index is 13.2. The van der Waals surface area contributed by atoms with Gasteiger partial charge < -0.3 is 10.5 Å². The number of quaternary nitrogens is 1. The van der Waals surface area contributed by atoms with E-state index in [1.807, 2.05) is 18.2 Å². The van der Waals surface area contributed by atoms with E-state index in [0.717, 1.165) is 5.57 Å². The van der Waals surface area contributed by atoms with Gasteiger partial charge in [0.25, 0.3) is 0 Å². The highest BCUT2D eigenvalue weighted by atomic mass is 32.2. The number of benzene rings is 2. The summed E-state index contributed by atoms with van der Waals surface area (Å²) in [5.74, 6) is 0.488. The molecule has 2 N–H and O–H groups in total. The average Bonchev–Trinajstić information content (AvgIpc) is 2.78. The molecule has 29 heavy (non-hydrogen) atoms. The maximum atomic E-state index is 13.2. The quantitative estimate of drug-likeness (QED) is 0.679. The third-order valence-corrected chi connectivity index (χ3v) is 8.52. The van der Waals surface area contributed by atoms with E-state index in [-0.39, 0.29) is 22.7 Å². The lowest BCUT2D eigenvalue weighted by Crippen LogP contribution is -2.51. The normalized spacial score (nSPS) is 20.2. The molecule has 1 heterocycles. The lowest BCUT2D eigenvalue weighted by molar-refractivity contribution is 0.404. The number of ether oxygens (including phenoxy) is 1. The van der Waals surface area contributed by atoms with Crippen LogP contribution in [0.15, 0.2) is 82.2 Å². The molecule has 2 unspecified atom stereocenters. The number of nitrogens with two attached hydrogens (primary N) is 1. The highest BCUT2D eigenvalue weighted by Crippen LogP contribution is 2.35. The van der Waals surface area contributed by atoms with E-state index in [1.54, 1.807) is 55.6 Å². The standard InChI is InChI=1S/C21H25N2O4S2/c1-3-29(25,26)23(13-7-8-17(15-22)16-23)18-9-6-10-19(14-18)28(24)21-12-5-4-11-20(21)27-2/h4-12,14,16H,3,13,15,22H2,1-2H3/q+1. The Morgan fingerprint density at radius 3 is 2.62 bits per heavy atom. The van der Waals surface area contributed by atoms with Crippen molar-refractivity contribution in [1.82, 2.24) is 3.89 Å². The smallest absolute Gasteiger partial charge is 0.306 e. The van der Waals surface area contributed by atoms with Gasteiger partial charge in [-0.05, 0) is 31.2 Å². The Morgan fingerprint density at radius 2 is 1.93 bits per heavy atom. The lowest BCUT2D eigenvalue weighted by Gasteiger charge is -2.34. The zero-order chi connectivity index (χ0) is 21.1. The third-order valence-electron chi connectivity index (χ3n) is 4.92. The third kappa shape index (κ3) is 3.93. The van der Waals surface area contributed by atoms with Crippen LogP contribution in [0.2, 0.25) is 0 Å². The second-order valence-corrected chi connectivity index (χ2v) is 10.4. The minimum atomic E-state index is -3.57. The van der Waals surface area contributed by atoms with Crippen molar-refractivity contribution >= 4 is 26.5 Å². The summed E-state index contributed by atoms with van der Waals surface area (Å²) >= 11 is 0. The fraction of sp³-hybridized carbons (Fsp3) is 0.238. The molecule has 1 aliphatic heterocycles. The summed E-state index contributed by atoms with van der Waals surface area (Å²) in [7, 11) is -3.56. The van der Waals surface area contributed by atoms with Gasteiger partial charge in [0, 0.05) is 29.1 Å². The molecule has 0 bridgehead atoms. The van der Waals surface area contributed by atoms with Crippen LogP contribution in [0, 0.1) is 0 Å². The predicted molar refractivity (Wildman–Crippen MR) is 117 cm³/mol. The minimum absolute atomic E-state index is 0.0327. The zero-order valence-corrected chi connectivity index (χ0v) is 18.1. The molecule has 0 radical (unpaired) electrons. The van der Waals surface area contributed by atoms with Crippen molar-refractivity contribution < 1.29 is 17.4 Å². The van der Waals surface area contributed by atoms with Gasteiger partial charge in [0.2, 0.25) is 0 Å². The average molecular weight is 434 g/mol. The van der Waals surface area contributed by atoms with Crippen LogP contribution in [0.5, 0.6) is 5.75 Å². The molecule has 6 nitrogen and oxygen atoms in total. The van der Waals surface area contributed by atoms with Crippen LogP contribution in [0.4, 0.5) is 5.69 Å². The first-order valence-electron chi connectivity index (χ1n) is 9.23. The van der Waals surface area contributed by atoms with E-state index in [9.17, 15) is 12.6 Å². The van der Waals surface area contributed by atoms with Crippen molar-refractivity contribution in [2.45, 2.75) is 16.7 Å². The van der Waals surface area contributed by atoms with Gasteiger partial charge in [-0.2, -0.15) is 12.3 Å². The van der Waals surface area contributed by atoms with Crippen molar-refractivity contribution in [1.29, 1.82) is 0 Å². The number of rotatable bonds is 7. The lowest BCUT2D eigenvalue weighted by atomic mass is 10.2. The summed E-state index contributed by atoms with van der Waals surface area (Å²) in [6.07, 6.45) is 5.35. The first kappa shape index (κ1) is 21.4. The molecule has 1 aliphatic rings. The molecular weight excluding hydrogens is 408 g/mol. The summed E-state index contributed by atoms with van der Waals surface area (Å²) < 4.78 is 44.5. The Labute approximate surface area is 174 Å². The summed E-state index contributed by atoms with van der Waals surface area (Å²) in [6, 6.07) is 14.0. The van der Waals surface area contributed by atoms with Crippen molar-refractivity contribution in [3.63, 3.8) is 0 Å². The van der Waals surface area contributed by atoms with Crippen LogP contribution in [0.3, 0.4) is 0 Å². The highest BCUT2D eigenvalue weighted by Gasteiger charge is 2.42. The van der Waals surface area contributed by atoms with E-state index >= 15 is 0 Å². The predicted octanol–water partition coefficient (Wildman–Crippen LogP) is 2.93. The van der Waals surface area contributed by atoms with Crippen LogP contribution < -0.4 is 14.4 Å². The fourth-order valence-corrected chi connectivity index (χ4v) is 6.07. The largest absolute Gasteiger partial charge is 0.495 e. The Morgan fingerprint density at radius 1 is 1.17 bits per heavy atom. The summed E-state index contributed by atoms with van der Waals surface area (Å²) in [4.78, 5) is 1.04. The van der Waals surface area contributed by atoms with Crippen molar-refractivity contribution in [3.8, 4) is 5.75 Å². The van der Waals surface area contributed by atoms with Gasteiger partial charge in [-0.1, -0.05) is 24.3 Å². The van der Waals surface area contributed by atoms with Crippen molar-refractivity contribution in [2.24, 2.45) is 5.73 Å². The first-order valence-corrected chi connectivity index (χ1v) is 12.0. The number of nitrogens with zero attached hydrogens (tertiary/aromatic N) is 1. The van der Waals surface area contributed by atoms with Crippen molar-refractivity contribution in [2.75, 3.05) is 26.0 Å². The highest BCUT2D eigenvalue weighted by molar-refractivity contribution is 7.91. The van der Waals surface area contributed by atoms with Gasteiger partial charge in [0.05, 0.1) is 28.6 Å². The summed E-state index contributed by atoms with van der Waals surface area (Å²) in [6.45, 7) is 2.12. The number of para-hydroxylation sites is 1. The van der Waals surface area contributed by atoms with E-state index in [4.69, 9.17) is 10.5 Å². The first-order chi connectivity index (χ1) is 13.9. The molecule has 0 aromatic heterocycles. The monoisotopic (exact) mass is 433 g/mol. The minimum Gasteiger partial charge on any atom is -0.495 e. The molecule has 0 saturated carbocycles. The molecule has 0 spiro atoms. The summed E-state index contributed by atoms with van der Waals surface area (Å²) in [5, 5.41) is 0. The molecule has 2 aromatic rings. The van der Waals surface area contributed by atoms with Gasteiger partial charge in [-0.3, -0.25) is 0 Å². The van der Waals surface area contributed by atoms with Crippen molar-refractivity contribution in [3.05, 3.63) is 72.5 Å². The number of methoxy groups -OCH3 is 1. The maximum Gasteiger partial charge on any atom is 0.306 e. The molecule has 0 amide bonds. The van der Waals surface area contributed by atoms with Crippen LogP contribution >= 0.6 is 0 Å². The molecule has 0 aliphatic carbocycles. The molecule has 0 saturated heterocycles. The Kier molecular flexibility index (Phi) is 6.38. The van der Waals surface area contributed by atoms with Gasteiger partial charge in [0.1, 0.15) is 18.5 Å². The van der Waals surface area contributed by atoms with Crippen LogP contribution in [0.1, 0.15) is 6.92 Å². The van der Waals surface area contributed by atoms with Gasteiger partial charge >= 0.3 is 10.0 Å². The molecule has 2 atom stereocenters. The van der Waals surface area contributed by atoms with E-state index < -0.39 is 20.8 Å². The second kappa shape index (κ2) is 8.62. The molecular formula is C21H25N2O4S2+. The molecule has 154 valence electrons. The fourth-order valence-electron chi connectivity index (χ4n) is 3.34. The molecule has 8 heteroatoms. The van der Waals surface area contributed by atoms with E-state index in [2.05, 4.69) is 0 Å². The van der Waals surface area contributed by atoms with E-state index in [0.29, 0.717) is 21.2 Å². The molecule has 0 fully saturated rings. The molecule has 2 aromatic carbocycles. The second-order valence-electron chi connectivity index (χ2n) is 6.58. The topological polar surface area (TPSA) is 86.5 Å². The van der Waals surface area contributed by atoms with Gasteiger partial charge in [-0.15, -0.1) is 0 Å². The van der Waals surface area contributed by atoms with Crippen LogP contribution in [-0.4, -0.2) is 38.6 Å². The number of hydrogen-bond donors (Lipinski definition) is 1. The molecule has 3 rings (SSSR count). The van der Waals surface area contributed by atoms with E-state index in [1.165, 1.54) is 7.11 Å². The van der Waals surface area contributed by atoms with Crippen LogP contribution in [0.25, 0.3) is 0 Å². The summed E-state index contributed by atoms with van der Waals surface area (Å²) in [5.41, 5.74) is 7.06. The Balaban J connectivity index is 2.15. The number of sulfonamides is 1. The zero-order valence-electron chi connectivity index (χ0n) is 16.4. The van der Waals surface area contributed by atoms with Gasteiger partial charge in [0.15, 0.2) is 5.69 Å². The van der Waals surface area contributed by atoms with Gasteiger partial charge in [-0.25, -0.2) is 4.21 Å². The SMILES string of the molecule is CCS(=O)(=O)[N+]1(c2cccc(S(=O)c3ccccc3OC)c2)C=C(CN)C=CC1. The Bertz CT molecular complexity index is 1090. The number of hydrogen-bond acceptors (Lipinski definition) is 5. The Hall–Kier alpha value is -2.26.